The van der Waals surface area contributed by atoms with Crippen LogP contribution in [0.2, 0.25) is 5.02 Å². The van der Waals surface area contributed by atoms with E-state index in [1.807, 2.05) is 43.3 Å². The fraction of sp³-hybridized carbons (Fsp3) is 0.500. The van der Waals surface area contributed by atoms with Crippen molar-refractivity contribution >= 4 is 11.6 Å². The summed E-state index contributed by atoms with van der Waals surface area (Å²) in [5, 5.41) is 4.42. The normalized spacial score (nSPS) is 12.1. The fourth-order valence-corrected chi connectivity index (χ4v) is 3.72. The van der Waals surface area contributed by atoms with Crippen LogP contribution in [0.4, 0.5) is 0 Å². The summed E-state index contributed by atoms with van der Waals surface area (Å²) < 4.78 is 12.0. The number of nitrogens with one attached hydrogen (secondary N) is 1. The molecule has 0 saturated carbocycles. The quantitative estimate of drug-likeness (QED) is 0.510. The smallest absolute Gasteiger partial charge is 0.166 e. The first-order valence-electron chi connectivity index (χ1n) is 9.96. The van der Waals surface area contributed by atoms with Crippen molar-refractivity contribution in [2.24, 2.45) is 5.41 Å². The van der Waals surface area contributed by atoms with E-state index in [9.17, 15) is 0 Å². The molecule has 0 aliphatic carbocycles. The van der Waals surface area contributed by atoms with Crippen LogP contribution in [0.25, 0.3) is 0 Å². The number of ether oxygens (including phenoxy) is 2. The molecule has 0 fully saturated rings. The van der Waals surface area contributed by atoms with E-state index in [0.29, 0.717) is 13.2 Å². The van der Waals surface area contributed by atoms with Gasteiger partial charge in [-0.3, -0.25) is 0 Å². The third-order valence-corrected chi connectivity index (χ3v) is 4.64. The lowest BCUT2D eigenvalue weighted by Gasteiger charge is -2.33. The van der Waals surface area contributed by atoms with Gasteiger partial charge in [0.05, 0.1) is 6.61 Å². The molecule has 2 rings (SSSR count). The van der Waals surface area contributed by atoms with Crippen molar-refractivity contribution in [2.45, 2.75) is 66.7 Å². The van der Waals surface area contributed by atoms with E-state index in [-0.39, 0.29) is 11.0 Å². The highest BCUT2D eigenvalue weighted by molar-refractivity contribution is 6.30. The third kappa shape index (κ3) is 7.37. The number of rotatable bonds is 9. The Kier molecular flexibility index (Phi) is 7.79. The van der Waals surface area contributed by atoms with Gasteiger partial charge in [0, 0.05) is 22.7 Å². The zero-order valence-corrected chi connectivity index (χ0v) is 18.8. The molecule has 2 aromatic carbocycles. The fourth-order valence-electron chi connectivity index (χ4n) is 3.59. The molecule has 0 amide bonds. The SMILES string of the molecule is CCOc1cccc(CNC(C)(C)CC(C)(C)C)c1OCc1ccc(Cl)cc1. The number of halogens is 1. The molecular weight excluding hydrogens is 370 g/mol. The van der Waals surface area contributed by atoms with Crippen molar-refractivity contribution in [3.05, 3.63) is 58.6 Å². The second kappa shape index (κ2) is 9.67. The first kappa shape index (κ1) is 22.6. The van der Waals surface area contributed by atoms with Gasteiger partial charge in [0.1, 0.15) is 6.61 Å². The van der Waals surface area contributed by atoms with Gasteiger partial charge >= 0.3 is 0 Å². The van der Waals surface area contributed by atoms with Crippen molar-refractivity contribution in [3.63, 3.8) is 0 Å². The van der Waals surface area contributed by atoms with Gasteiger partial charge in [-0.25, -0.2) is 0 Å². The molecule has 2 aromatic rings. The van der Waals surface area contributed by atoms with Crippen LogP contribution in [-0.2, 0) is 13.2 Å². The Balaban J connectivity index is 2.16. The summed E-state index contributed by atoms with van der Waals surface area (Å²) in [6.07, 6.45) is 1.08. The molecule has 0 unspecified atom stereocenters. The monoisotopic (exact) mass is 403 g/mol. The van der Waals surface area contributed by atoms with Gasteiger partial charge < -0.3 is 14.8 Å². The molecule has 1 N–H and O–H groups in total. The van der Waals surface area contributed by atoms with E-state index in [1.54, 1.807) is 0 Å². The minimum absolute atomic E-state index is 0.0211. The van der Waals surface area contributed by atoms with Crippen LogP contribution in [0.15, 0.2) is 42.5 Å². The van der Waals surface area contributed by atoms with E-state index in [4.69, 9.17) is 21.1 Å². The summed E-state index contributed by atoms with van der Waals surface area (Å²) in [5.41, 5.74) is 2.45. The van der Waals surface area contributed by atoms with Gasteiger partial charge in [0.15, 0.2) is 11.5 Å². The third-order valence-electron chi connectivity index (χ3n) is 4.39. The number of benzene rings is 2. The summed E-state index contributed by atoms with van der Waals surface area (Å²) in [6.45, 7) is 15.1. The summed E-state index contributed by atoms with van der Waals surface area (Å²) in [5.74, 6) is 1.59. The van der Waals surface area contributed by atoms with Gasteiger partial charge in [0.25, 0.3) is 0 Å². The number of hydrogen-bond acceptors (Lipinski definition) is 3. The number of hydrogen-bond donors (Lipinski definition) is 1. The highest BCUT2D eigenvalue weighted by Crippen LogP contribution is 2.33. The van der Waals surface area contributed by atoms with Crippen molar-refractivity contribution in [1.29, 1.82) is 0 Å². The molecule has 0 aliphatic rings. The lowest BCUT2D eigenvalue weighted by atomic mass is 9.81. The minimum Gasteiger partial charge on any atom is -0.490 e. The largest absolute Gasteiger partial charge is 0.490 e. The van der Waals surface area contributed by atoms with E-state index in [0.717, 1.165) is 40.6 Å². The first-order chi connectivity index (χ1) is 13.1. The van der Waals surface area contributed by atoms with Crippen LogP contribution in [0, 0.1) is 5.41 Å². The van der Waals surface area contributed by atoms with E-state index >= 15 is 0 Å². The van der Waals surface area contributed by atoms with Gasteiger partial charge in [-0.2, -0.15) is 0 Å². The maximum Gasteiger partial charge on any atom is 0.166 e. The van der Waals surface area contributed by atoms with Crippen LogP contribution in [0.5, 0.6) is 11.5 Å². The summed E-state index contributed by atoms with van der Waals surface area (Å²) in [7, 11) is 0. The molecule has 28 heavy (non-hydrogen) atoms. The van der Waals surface area contributed by atoms with Gasteiger partial charge in [-0.05, 0) is 56.4 Å². The molecule has 0 atom stereocenters. The molecule has 0 spiro atoms. The van der Waals surface area contributed by atoms with Crippen molar-refractivity contribution in [1.82, 2.24) is 5.32 Å². The van der Waals surface area contributed by atoms with Crippen LogP contribution in [-0.4, -0.2) is 12.1 Å². The molecule has 4 heteroatoms. The molecule has 0 heterocycles. The highest BCUT2D eigenvalue weighted by atomic mass is 35.5. The predicted molar refractivity (Wildman–Crippen MR) is 118 cm³/mol. The van der Waals surface area contributed by atoms with Gasteiger partial charge in [0.2, 0.25) is 0 Å². The van der Waals surface area contributed by atoms with Crippen LogP contribution in [0.1, 0.15) is 59.1 Å². The first-order valence-corrected chi connectivity index (χ1v) is 10.3. The lowest BCUT2D eigenvalue weighted by molar-refractivity contribution is 0.236. The maximum absolute atomic E-state index is 6.20. The Bertz CT molecular complexity index is 748. The Morgan fingerprint density at radius 2 is 1.61 bits per heavy atom. The van der Waals surface area contributed by atoms with E-state index in [2.05, 4.69) is 46.0 Å². The maximum atomic E-state index is 6.20. The van der Waals surface area contributed by atoms with Crippen molar-refractivity contribution in [3.8, 4) is 11.5 Å². The Morgan fingerprint density at radius 3 is 2.21 bits per heavy atom. The predicted octanol–water partition coefficient (Wildman–Crippen LogP) is 6.62. The molecule has 0 bridgehead atoms. The highest BCUT2D eigenvalue weighted by Gasteiger charge is 2.25. The topological polar surface area (TPSA) is 30.5 Å². The summed E-state index contributed by atoms with van der Waals surface area (Å²) in [4.78, 5) is 0. The van der Waals surface area contributed by atoms with E-state index < -0.39 is 0 Å². The molecule has 154 valence electrons. The molecule has 0 aromatic heterocycles. The minimum atomic E-state index is 0.0211. The van der Waals surface area contributed by atoms with Crippen molar-refractivity contribution < 1.29 is 9.47 Å². The lowest BCUT2D eigenvalue weighted by Crippen LogP contribution is -2.41. The Morgan fingerprint density at radius 1 is 0.929 bits per heavy atom. The standard InChI is InChI=1S/C24H34ClNO2/c1-7-27-21-10-8-9-19(15-26-24(5,6)17-23(2,3)4)22(21)28-16-18-11-13-20(25)14-12-18/h8-14,26H,7,15-17H2,1-6H3. The summed E-state index contributed by atoms with van der Waals surface area (Å²) in [6, 6.07) is 13.8. The Labute approximate surface area is 175 Å². The van der Waals surface area contributed by atoms with Crippen LogP contribution >= 0.6 is 11.6 Å². The number of para-hydroxylation sites is 1. The zero-order valence-electron chi connectivity index (χ0n) is 18.1. The van der Waals surface area contributed by atoms with Crippen molar-refractivity contribution in [2.75, 3.05) is 6.61 Å². The van der Waals surface area contributed by atoms with Gasteiger partial charge in [-0.1, -0.05) is 56.6 Å². The molecule has 0 aliphatic heterocycles. The van der Waals surface area contributed by atoms with E-state index in [1.165, 1.54) is 0 Å². The average molecular weight is 404 g/mol. The van der Waals surface area contributed by atoms with Gasteiger partial charge in [-0.15, -0.1) is 0 Å². The molecule has 0 radical (unpaired) electrons. The van der Waals surface area contributed by atoms with Crippen LogP contribution < -0.4 is 14.8 Å². The second-order valence-corrected chi connectivity index (χ2v) is 9.50. The summed E-state index contributed by atoms with van der Waals surface area (Å²) >= 11 is 5.98. The second-order valence-electron chi connectivity index (χ2n) is 9.07. The zero-order chi connectivity index (χ0) is 20.8. The van der Waals surface area contributed by atoms with Crippen LogP contribution in [0.3, 0.4) is 0 Å². The molecule has 3 nitrogen and oxygen atoms in total. The average Bonchev–Trinajstić information content (AvgIpc) is 2.59. The molecule has 0 saturated heterocycles. The molecular formula is C24H34ClNO2. The Hall–Kier alpha value is -1.71.